The number of H-pyrrole nitrogens is 1. The fourth-order valence-electron chi connectivity index (χ4n) is 2.10. The fraction of sp³-hybridized carbons (Fsp3) is 0.0667. The molecular formula is C15H12I2N4. The lowest BCUT2D eigenvalue weighted by Crippen LogP contribution is -1.88. The summed E-state index contributed by atoms with van der Waals surface area (Å²) in [6.45, 7) is 0. The van der Waals surface area contributed by atoms with Crippen LogP contribution in [0.4, 0.5) is 0 Å². The molecule has 0 saturated carbocycles. The van der Waals surface area contributed by atoms with Gasteiger partial charge in [0, 0.05) is 17.8 Å². The third kappa shape index (κ3) is 3.05. The Labute approximate surface area is 149 Å². The predicted octanol–water partition coefficient (Wildman–Crippen LogP) is 4.35. The van der Waals surface area contributed by atoms with Gasteiger partial charge in [-0.2, -0.15) is 10.2 Å². The highest BCUT2D eigenvalue weighted by atomic mass is 127. The molecule has 2 aromatic carbocycles. The first-order valence-electron chi connectivity index (χ1n) is 6.32. The summed E-state index contributed by atoms with van der Waals surface area (Å²) in [4.78, 5) is 0. The lowest BCUT2D eigenvalue weighted by molar-refractivity contribution is 0.787. The normalized spacial score (nSPS) is 10.6. The van der Waals surface area contributed by atoms with Gasteiger partial charge in [-0.05, 0) is 57.3 Å². The maximum atomic E-state index is 4.29. The van der Waals surface area contributed by atoms with Crippen molar-refractivity contribution in [3.63, 3.8) is 0 Å². The van der Waals surface area contributed by atoms with Crippen molar-refractivity contribution in [2.24, 2.45) is 7.05 Å². The lowest BCUT2D eigenvalue weighted by atomic mass is 10.3. The number of hydrogen-bond acceptors (Lipinski definition) is 2. The van der Waals surface area contributed by atoms with E-state index in [-0.39, 0.29) is 0 Å². The molecule has 4 aromatic rings. The van der Waals surface area contributed by atoms with E-state index in [9.17, 15) is 0 Å². The molecule has 0 fully saturated rings. The zero-order chi connectivity index (χ0) is 14.8. The third-order valence-electron chi connectivity index (χ3n) is 3.13. The molecular weight excluding hydrogens is 490 g/mol. The van der Waals surface area contributed by atoms with Crippen molar-refractivity contribution in [2.75, 3.05) is 0 Å². The molecule has 0 radical (unpaired) electrons. The molecule has 0 amide bonds. The SMILES string of the molecule is Cn1nc(I)c2ccccc21.Ic1[nH]nc2ccccc12. The zero-order valence-electron chi connectivity index (χ0n) is 11.2. The largest absolute Gasteiger partial charge is 0.271 e. The molecule has 1 N–H and O–H groups in total. The lowest BCUT2D eigenvalue weighted by Gasteiger charge is -1.89. The highest BCUT2D eigenvalue weighted by molar-refractivity contribution is 14.1. The molecule has 0 saturated heterocycles. The van der Waals surface area contributed by atoms with Crippen molar-refractivity contribution < 1.29 is 0 Å². The van der Waals surface area contributed by atoms with Gasteiger partial charge in [0.25, 0.3) is 0 Å². The van der Waals surface area contributed by atoms with Crippen molar-refractivity contribution in [3.05, 3.63) is 55.9 Å². The van der Waals surface area contributed by atoms with Gasteiger partial charge in [-0.15, -0.1) is 0 Å². The summed E-state index contributed by atoms with van der Waals surface area (Å²) in [7, 11) is 1.96. The maximum Gasteiger partial charge on any atom is 0.131 e. The summed E-state index contributed by atoms with van der Waals surface area (Å²) in [6, 6.07) is 16.3. The average Bonchev–Trinajstić information content (AvgIpc) is 3.02. The van der Waals surface area contributed by atoms with E-state index in [0.29, 0.717) is 0 Å². The van der Waals surface area contributed by atoms with Crippen LogP contribution in [0.3, 0.4) is 0 Å². The standard InChI is InChI=1S/C8H7IN2.C7H5IN2/c1-11-7-5-3-2-4-6(7)8(9)10-11;8-7-5-3-1-2-4-6(5)9-10-7/h2-5H,1H3;1-4H,(H,9,10). The molecule has 0 aliphatic heterocycles. The van der Waals surface area contributed by atoms with Crippen molar-refractivity contribution in [3.8, 4) is 0 Å². The van der Waals surface area contributed by atoms with E-state index in [4.69, 9.17) is 0 Å². The minimum atomic E-state index is 1.03. The number of hydrogen-bond donors (Lipinski definition) is 1. The van der Waals surface area contributed by atoms with Crippen LogP contribution >= 0.6 is 45.2 Å². The topological polar surface area (TPSA) is 46.5 Å². The molecule has 4 rings (SSSR count). The van der Waals surface area contributed by atoms with Gasteiger partial charge in [0.1, 0.15) is 7.40 Å². The third-order valence-corrected chi connectivity index (χ3v) is 4.75. The monoisotopic (exact) mass is 502 g/mol. The Hall–Kier alpha value is -1.16. The van der Waals surface area contributed by atoms with Gasteiger partial charge >= 0.3 is 0 Å². The molecule has 21 heavy (non-hydrogen) atoms. The first-order chi connectivity index (χ1) is 10.2. The molecule has 0 aliphatic rings. The first kappa shape index (κ1) is 14.8. The first-order valence-corrected chi connectivity index (χ1v) is 8.48. The van der Waals surface area contributed by atoms with E-state index in [0.717, 1.165) is 12.9 Å². The van der Waals surface area contributed by atoms with E-state index in [1.54, 1.807) is 0 Å². The summed E-state index contributed by atoms with van der Waals surface area (Å²) in [5.41, 5.74) is 2.23. The van der Waals surface area contributed by atoms with E-state index < -0.39 is 0 Å². The van der Waals surface area contributed by atoms with Crippen molar-refractivity contribution in [1.82, 2.24) is 20.0 Å². The van der Waals surface area contributed by atoms with Gasteiger partial charge in [0.05, 0.1) is 11.0 Å². The van der Waals surface area contributed by atoms with Crippen LogP contribution in [0.25, 0.3) is 21.8 Å². The van der Waals surface area contributed by atoms with Crippen molar-refractivity contribution in [1.29, 1.82) is 0 Å². The van der Waals surface area contributed by atoms with Gasteiger partial charge in [-0.3, -0.25) is 9.78 Å². The second kappa shape index (κ2) is 6.30. The molecule has 0 spiro atoms. The molecule has 4 nitrogen and oxygen atoms in total. The maximum absolute atomic E-state index is 4.29. The van der Waals surface area contributed by atoms with Crippen LogP contribution in [0, 0.1) is 7.40 Å². The van der Waals surface area contributed by atoms with Crippen LogP contribution in [0.2, 0.25) is 0 Å². The van der Waals surface area contributed by atoms with Crippen molar-refractivity contribution in [2.45, 2.75) is 0 Å². The van der Waals surface area contributed by atoms with Gasteiger partial charge in [-0.1, -0.05) is 36.4 Å². The number of fused-ring (bicyclic) bond motifs is 2. The van der Waals surface area contributed by atoms with Crippen molar-refractivity contribution >= 4 is 67.0 Å². The number of nitrogens with zero attached hydrogens (tertiary/aromatic N) is 3. The molecule has 0 unspecified atom stereocenters. The quantitative estimate of drug-likeness (QED) is 0.364. The van der Waals surface area contributed by atoms with Crippen LogP contribution in [0.5, 0.6) is 0 Å². The summed E-state index contributed by atoms with van der Waals surface area (Å²) < 4.78 is 4.07. The van der Waals surface area contributed by atoms with Gasteiger partial charge in [0.15, 0.2) is 0 Å². The van der Waals surface area contributed by atoms with Gasteiger partial charge in [0.2, 0.25) is 0 Å². The molecule has 0 aliphatic carbocycles. The Morgan fingerprint density at radius 3 is 2.33 bits per heavy atom. The number of rotatable bonds is 0. The molecule has 0 bridgehead atoms. The van der Waals surface area contributed by atoms with Crippen LogP contribution in [0.1, 0.15) is 0 Å². The highest BCUT2D eigenvalue weighted by Gasteiger charge is 2.02. The Morgan fingerprint density at radius 2 is 1.62 bits per heavy atom. The molecule has 0 atom stereocenters. The Bertz CT molecular complexity index is 859. The minimum Gasteiger partial charge on any atom is -0.271 e. The average molecular weight is 502 g/mol. The van der Waals surface area contributed by atoms with Crippen LogP contribution in [0.15, 0.2) is 48.5 Å². The summed E-state index contributed by atoms with van der Waals surface area (Å²) in [5, 5.41) is 13.7. The van der Waals surface area contributed by atoms with Crippen LogP contribution < -0.4 is 0 Å². The molecule has 106 valence electrons. The van der Waals surface area contributed by atoms with Gasteiger partial charge < -0.3 is 0 Å². The Balaban J connectivity index is 0.000000126. The Morgan fingerprint density at radius 1 is 0.952 bits per heavy atom. The zero-order valence-corrected chi connectivity index (χ0v) is 15.5. The van der Waals surface area contributed by atoms with Gasteiger partial charge in [-0.25, -0.2) is 0 Å². The molecule has 2 aromatic heterocycles. The number of aromatic amines is 1. The van der Waals surface area contributed by atoms with E-state index >= 15 is 0 Å². The predicted molar refractivity (Wildman–Crippen MR) is 102 cm³/mol. The minimum absolute atomic E-state index is 1.03. The second-order valence-corrected chi connectivity index (χ2v) is 6.59. The summed E-state index contributed by atoms with van der Waals surface area (Å²) >= 11 is 4.48. The number of benzene rings is 2. The highest BCUT2D eigenvalue weighted by Crippen LogP contribution is 2.18. The van der Waals surface area contributed by atoms with Crippen LogP contribution in [-0.4, -0.2) is 20.0 Å². The Kier molecular flexibility index (Phi) is 4.43. The number of halogens is 2. The molecule has 6 heteroatoms. The van der Waals surface area contributed by atoms with E-state index in [2.05, 4.69) is 78.7 Å². The molecule has 2 heterocycles. The number of para-hydroxylation sites is 2. The number of aromatic nitrogens is 4. The summed E-state index contributed by atoms with van der Waals surface area (Å²) in [5.74, 6) is 0. The summed E-state index contributed by atoms with van der Waals surface area (Å²) in [6.07, 6.45) is 0. The second-order valence-electron chi connectivity index (χ2n) is 4.49. The fourth-order valence-corrected chi connectivity index (χ4v) is 3.45. The van der Waals surface area contributed by atoms with Crippen LogP contribution in [-0.2, 0) is 7.05 Å². The number of aryl methyl sites for hydroxylation is 1. The van der Waals surface area contributed by atoms with E-state index in [1.807, 2.05) is 42.1 Å². The van der Waals surface area contributed by atoms with E-state index in [1.165, 1.54) is 16.3 Å². The smallest absolute Gasteiger partial charge is 0.131 e. The number of nitrogens with one attached hydrogen (secondary N) is 1.